The third-order valence-corrected chi connectivity index (χ3v) is 11.4. The maximum absolute atomic E-state index is 13.5. The minimum absolute atomic E-state index is 0.0564. The lowest BCUT2D eigenvalue weighted by Gasteiger charge is -2.35. The van der Waals surface area contributed by atoms with Gasteiger partial charge in [0, 0.05) is 57.8 Å². The number of nitrogens with zero attached hydrogens (tertiary/aromatic N) is 3. The van der Waals surface area contributed by atoms with Crippen LogP contribution in [0.5, 0.6) is 0 Å². The number of nitro benzene ring substituents is 1. The highest BCUT2D eigenvalue weighted by Gasteiger charge is 2.30. The highest BCUT2D eigenvalue weighted by atomic mass is 32.2. The summed E-state index contributed by atoms with van der Waals surface area (Å²) in [6.45, 7) is 9.81. The van der Waals surface area contributed by atoms with Crippen molar-refractivity contribution in [2.24, 2.45) is 5.92 Å². The number of carbonyl (C=O) groups excluding carboxylic acids is 1. The molecule has 1 amide bonds. The third-order valence-electron chi connectivity index (χ3n) is 10.0. The van der Waals surface area contributed by atoms with Gasteiger partial charge in [-0.2, -0.15) is 0 Å². The number of nitro groups is 1. The van der Waals surface area contributed by atoms with E-state index in [0.29, 0.717) is 31.2 Å². The van der Waals surface area contributed by atoms with Gasteiger partial charge in [-0.1, -0.05) is 73.9 Å². The average Bonchev–Trinajstić information content (AvgIpc) is 3.48. The van der Waals surface area contributed by atoms with Gasteiger partial charge in [0.05, 0.1) is 9.82 Å². The molecule has 0 bridgehead atoms. The lowest BCUT2D eigenvalue weighted by Crippen LogP contribution is -2.49. The van der Waals surface area contributed by atoms with Gasteiger partial charge in [-0.3, -0.25) is 15.0 Å². The molecule has 272 valence electrons. The molecule has 1 unspecified atom stereocenters. The largest absolute Gasteiger partial charge is 0.444 e. The Hall–Kier alpha value is -4.26. The van der Waals surface area contributed by atoms with Crippen LogP contribution in [0.3, 0.4) is 0 Å². The summed E-state index contributed by atoms with van der Waals surface area (Å²) in [5, 5.41) is 15.2. The summed E-state index contributed by atoms with van der Waals surface area (Å²) in [4.78, 5) is 27.9. The molecule has 51 heavy (non-hydrogen) atoms. The number of anilines is 1. The van der Waals surface area contributed by atoms with Crippen LogP contribution in [0.4, 0.5) is 16.2 Å². The zero-order valence-electron chi connectivity index (χ0n) is 29.8. The van der Waals surface area contributed by atoms with Crippen LogP contribution in [0.25, 0.3) is 6.08 Å². The van der Waals surface area contributed by atoms with Crippen molar-refractivity contribution >= 4 is 33.6 Å². The molecule has 11 nitrogen and oxygen atoms in total. The number of fused-ring (bicyclic) bond motifs is 1. The number of hydrogen-bond donors (Lipinski definition) is 2. The van der Waals surface area contributed by atoms with E-state index in [0.717, 1.165) is 66.4 Å². The van der Waals surface area contributed by atoms with Crippen molar-refractivity contribution < 1.29 is 22.9 Å². The van der Waals surface area contributed by atoms with Crippen molar-refractivity contribution in [3.63, 3.8) is 0 Å². The molecule has 2 fully saturated rings. The summed E-state index contributed by atoms with van der Waals surface area (Å²) in [7, 11) is -4.05. The van der Waals surface area contributed by atoms with Gasteiger partial charge in [0.2, 0.25) is 10.0 Å². The molecule has 0 radical (unpaired) electrons. The second-order valence-corrected chi connectivity index (χ2v) is 16.7. The summed E-state index contributed by atoms with van der Waals surface area (Å²) >= 11 is 0. The first-order valence-corrected chi connectivity index (χ1v) is 19.4. The van der Waals surface area contributed by atoms with Gasteiger partial charge in [0.15, 0.2) is 0 Å². The molecule has 3 aromatic rings. The molecule has 1 atom stereocenters. The Morgan fingerprint density at radius 1 is 0.961 bits per heavy atom. The Morgan fingerprint density at radius 3 is 2.35 bits per heavy atom. The number of ether oxygens (including phenoxy) is 1. The zero-order chi connectivity index (χ0) is 36.2. The number of hydrogen-bond acceptors (Lipinski definition) is 8. The minimum Gasteiger partial charge on any atom is -0.444 e. The van der Waals surface area contributed by atoms with E-state index in [1.165, 1.54) is 31.4 Å². The molecule has 1 aliphatic heterocycles. The first kappa shape index (κ1) is 36.5. The van der Waals surface area contributed by atoms with E-state index in [9.17, 15) is 23.3 Å². The van der Waals surface area contributed by atoms with Crippen molar-refractivity contribution in [1.29, 1.82) is 0 Å². The standard InChI is InChI=1S/C39H49N5O6S/c1-39(2,3)50-38(45)43-21-19-42(20-22-43)27-29-13-15-30(16-14-29)37-32(23-31-11-7-8-12-34(31)37)26-41-51(48,49)33-17-18-35(36(24-33)44(46)47)40-25-28-9-5-4-6-10-28/h7-8,11-18,23-24,28,37,40-41H,4-6,9-10,19-22,25-27H2,1-3H3. The van der Waals surface area contributed by atoms with Crippen molar-refractivity contribution in [2.75, 3.05) is 44.6 Å². The van der Waals surface area contributed by atoms with Crippen LogP contribution in [0.1, 0.15) is 81.0 Å². The molecular formula is C39H49N5O6S. The Balaban J connectivity index is 1.10. The van der Waals surface area contributed by atoms with Crippen LogP contribution in [-0.2, 0) is 21.3 Å². The van der Waals surface area contributed by atoms with E-state index >= 15 is 0 Å². The minimum atomic E-state index is -4.05. The molecule has 1 heterocycles. The van der Waals surface area contributed by atoms with Crippen LogP contribution < -0.4 is 10.0 Å². The van der Waals surface area contributed by atoms with Crippen LogP contribution in [-0.4, -0.2) is 74.1 Å². The van der Waals surface area contributed by atoms with E-state index in [4.69, 9.17) is 4.74 Å². The summed E-state index contributed by atoms with van der Waals surface area (Å²) in [6, 6.07) is 20.6. The molecule has 3 aliphatic rings. The average molecular weight is 716 g/mol. The number of rotatable bonds is 11. The smallest absolute Gasteiger partial charge is 0.410 e. The summed E-state index contributed by atoms with van der Waals surface area (Å²) in [5.74, 6) is 0.320. The SMILES string of the molecule is CC(C)(C)OC(=O)N1CCN(Cc2ccc(C3C(CNS(=O)(=O)c4ccc(NCC5CCCCC5)c([N+](=O)[O-])c4)=Cc4ccccc43)cc2)CC1. The van der Waals surface area contributed by atoms with Crippen LogP contribution in [0.2, 0.25) is 0 Å². The highest BCUT2D eigenvalue weighted by Crippen LogP contribution is 2.41. The predicted molar refractivity (Wildman–Crippen MR) is 199 cm³/mol. The summed E-state index contributed by atoms with van der Waals surface area (Å²) < 4.78 is 35.3. The van der Waals surface area contributed by atoms with Crippen LogP contribution >= 0.6 is 0 Å². The molecule has 0 aromatic heterocycles. The first-order chi connectivity index (χ1) is 24.4. The molecule has 1 saturated heterocycles. The molecule has 1 saturated carbocycles. The Bertz CT molecular complexity index is 1860. The van der Waals surface area contributed by atoms with Gasteiger partial charge in [-0.15, -0.1) is 0 Å². The second-order valence-electron chi connectivity index (χ2n) is 14.9. The van der Waals surface area contributed by atoms with Crippen LogP contribution in [0, 0.1) is 16.0 Å². The number of sulfonamides is 1. The highest BCUT2D eigenvalue weighted by molar-refractivity contribution is 7.89. The fourth-order valence-electron chi connectivity index (χ4n) is 7.31. The van der Waals surface area contributed by atoms with Gasteiger partial charge >= 0.3 is 6.09 Å². The number of benzene rings is 3. The summed E-state index contributed by atoms with van der Waals surface area (Å²) in [5.41, 5.74) is 4.80. The lowest BCUT2D eigenvalue weighted by molar-refractivity contribution is -0.384. The van der Waals surface area contributed by atoms with Gasteiger partial charge in [0.25, 0.3) is 5.69 Å². The maximum Gasteiger partial charge on any atom is 0.410 e. The van der Waals surface area contributed by atoms with Crippen LogP contribution in [0.15, 0.2) is 77.2 Å². The molecule has 12 heteroatoms. The molecule has 3 aromatic carbocycles. The Kier molecular flexibility index (Phi) is 11.1. The first-order valence-electron chi connectivity index (χ1n) is 18.0. The Labute approximate surface area is 301 Å². The van der Waals surface area contributed by atoms with E-state index in [1.54, 1.807) is 4.90 Å². The zero-order valence-corrected chi connectivity index (χ0v) is 30.6. The maximum atomic E-state index is 13.5. The number of piperazine rings is 1. The fourth-order valence-corrected chi connectivity index (χ4v) is 8.35. The Morgan fingerprint density at radius 2 is 1.67 bits per heavy atom. The molecule has 2 aliphatic carbocycles. The number of carbonyl (C=O) groups is 1. The van der Waals surface area contributed by atoms with E-state index in [-0.39, 0.29) is 29.1 Å². The number of nitrogens with one attached hydrogen (secondary N) is 2. The van der Waals surface area contributed by atoms with Gasteiger partial charge in [-0.25, -0.2) is 17.9 Å². The van der Waals surface area contributed by atoms with Gasteiger partial charge < -0.3 is 15.0 Å². The molecule has 0 spiro atoms. The second kappa shape index (κ2) is 15.5. The van der Waals surface area contributed by atoms with Crippen molar-refractivity contribution in [3.8, 4) is 0 Å². The topological polar surface area (TPSA) is 134 Å². The van der Waals surface area contributed by atoms with Gasteiger partial charge in [0.1, 0.15) is 11.3 Å². The predicted octanol–water partition coefficient (Wildman–Crippen LogP) is 7.15. The third kappa shape index (κ3) is 9.16. The molecule has 2 N–H and O–H groups in total. The molecular weight excluding hydrogens is 667 g/mol. The quantitative estimate of drug-likeness (QED) is 0.158. The van der Waals surface area contributed by atoms with E-state index in [2.05, 4.69) is 45.3 Å². The van der Waals surface area contributed by atoms with Gasteiger partial charge in [-0.05, 0) is 79.5 Å². The van der Waals surface area contributed by atoms with Crippen molar-refractivity contribution in [2.45, 2.75) is 75.8 Å². The normalized spacial score (nSPS) is 18.6. The van der Waals surface area contributed by atoms with Crippen molar-refractivity contribution in [3.05, 3.63) is 105 Å². The van der Waals surface area contributed by atoms with E-state index < -0.39 is 20.5 Å². The van der Waals surface area contributed by atoms with Crippen molar-refractivity contribution in [1.82, 2.24) is 14.5 Å². The lowest BCUT2D eigenvalue weighted by atomic mass is 9.88. The monoisotopic (exact) mass is 715 g/mol. The number of amides is 1. The summed E-state index contributed by atoms with van der Waals surface area (Å²) in [6.07, 6.45) is 7.51. The molecule has 6 rings (SSSR count). The fraction of sp³-hybridized carbons (Fsp3) is 0.462. The van der Waals surface area contributed by atoms with E-state index in [1.807, 2.05) is 45.0 Å².